The molecule has 1 aromatic rings. The van der Waals surface area contributed by atoms with E-state index in [1.807, 2.05) is 12.4 Å². The van der Waals surface area contributed by atoms with Crippen LogP contribution in [0.1, 0.15) is 44.6 Å². The van der Waals surface area contributed by atoms with Gasteiger partial charge in [0.2, 0.25) is 0 Å². The molecular weight excluding hydrogens is 246 g/mol. The predicted octanol–water partition coefficient (Wildman–Crippen LogP) is 2.85. The first-order valence-corrected chi connectivity index (χ1v) is 8.03. The summed E-state index contributed by atoms with van der Waals surface area (Å²) in [5, 5.41) is 0. The van der Waals surface area contributed by atoms with Gasteiger partial charge in [0.05, 0.1) is 0 Å². The highest BCUT2D eigenvalue weighted by Gasteiger charge is 2.41. The molecule has 2 unspecified atom stereocenters. The molecule has 0 radical (unpaired) electrons. The van der Waals surface area contributed by atoms with Crippen LogP contribution in [0, 0.1) is 5.92 Å². The van der Waals surface area contributed by atoms with Crippen molar-refractivity contribution in [2.24, 2.45) is 11.7 Å². The van der Waals surface area contributed by atoms with Crippen LogP contribution in [0.25, 0.3) is 0 Å². The summed E-state index contributed by atoms with van der Waals surface area (Å²) in [4.78, 5) is 6.63. The predicted molar refractivity (Wildman–Crippen MR) is 84.6 cm³/mol. The average molecular weight is 275 g/mol. The zero-order valence-electron chi connectivity index (χ0n) is 13.0. The molecular formula is C17H29N3. The van der Waals surface area contributed by atoms with Crippen LogP contribution in [0.3, 0.4) is 0 Å². The first kappa shape index (κ1) is 15.5. The first-order chi connectivity index (χ1) is 9.73. The number of nitrogens with two attached hydrogens (primary N) is 1. The molecule has 1 saturated carbocycles. The molecule has 1 aliphatic rings. The van der Waals surface area contributed by atoms with Crippen molar-refractivity contribution in [2.75, 3.05) is 20.1 Å². The van der Waals surface area contributed by atoms with Crippen molar-refractivity contribution in [3.8, 4) is 0 Å². The number of hydrogen-bond donors (Lipinski definition) is 1. The van der Waals surface area contributed by atoms with Crippen molar-refractivity contribution >= 4 is 0 Å². The Morgan fingerprint density at radius 3 is 2.75 bits per heavy atom. The van der Waals surface area contributed by atoms with Gasteiger partial charge in [0.25, 0.3) is 0 Å². The van der Waals surface area contributed by atoms with E-state index in [1.54, 1.807) is 0 Å². The van der Waals surface area contributed by atoms with Crippen molar-refractivity contribution < 1.29 is 0 Å². The standard InChI is InChI=1S/C17H29N3/c1-3-16-6-4-5-10-17(16,14-18)20(2)13-9-15-7-11-19-12-8-15/h7-8,11-12,16H,3-6,9-10,13-14,18H2,1-2H3. The minimum Gasteiger partial charge on any atom is -0.329 e. The van der Waals surface area contributed by atoms with Gasteiger partial charge in [-0.05, 0) is 49.9 Å². The van der Waals surface area contributed by atoms with Crippen molar-refractivity contribution in [3.05, 3.63) is 30.1 Å². The SMILES string of the molecule is CCC1CCCCC1(CN)N(C)CCc1ccncc1. The van der Waals surface area contributed by atoms with Gasteiger partial charge in [-0.1, -0.05) is 26.2 Å². The third-order valence-corrected chi connectivity index (χ3v) is 5.26. The first-order valence-electron chi connectivity index (χ1n) is 8.03. The fourth-order valence-corrected chi connectivity index (χ4v) is 3.87. The molecule has 1 aliphatic carbocycles. The van der Waals surface area contributed by atoms with Gasteiger partial charge in [-0.3, -0.25) is 9.88 Å². The van der Waals surface area contributed by atoms with E-state index in [1.165, 1.54) is 37.7 Å². The third-order valence-electron chi connectivity index (χ3n) is 5.26. The van der Waals surface area contributed by atoms with Crippen LogP contribution in [-0.2, 0) is 6.42 Å². The Bertz CT molecular complexity index is 392. The van der Waals surface area contributed by atoms with Crippen LogP contribution >= 0.6 is 0 Å². The molecule has 2 atom stereocenters. The topological polar surface area (TPSA) is 42.1 Å². The highest BCUT2D eigenvalue weighted by molar-refractivity contribution is 5.10. The second-order valence-electron chi connectivity index (χ2n) is 6.19. The number of nitrogens with zero attached hydrogens (tertiary/aromatic N) is 2. The average Bonchev–Trinajstić information content (AvgIpc) is 2.53. The van der Waals surface area contributed by atoms with Crippen LogP contribution in [0.2, 0.25) is 0 Å². The lowest BCUT2D eigenvalue weighted by Gasteiger charge is -2.49. The maximum absolute atomic E-state index is 6.22. The molecule has 112 valence electrons. The fourth-order valence-electron chi connectivity index (χ4n) is 3.87. The molecule has 3 nitrogen and oxygen atoms in total. The summed E-state index contributed by atoms with van der Waals surface area (Å²) in [7, 11) is 2.27. The molecule has 0 aromatic carbocycles. The lowest BCUT2D eigenvalue weighted by Crippen LogP contribution is -2.58. The quantitative estimate of drug-likeness (QED) is 0.868. The van der Waals surface area contributed by atoms with E-state index in [4.69, 9.17) is 5.73 Å². The summed E-state index contributed by atoms with van der Waals surface area (Å²) in [5.74, 6) is 0.753. The van der Waals surface area contributed by atoms with Gasteiger partial charge in [0.1, 0.15) is 0 Å². The fraction of sp³-hybridized carbons (Fsp3) is 0.706. The largest absolute Gasteiger partial charge is 0.329 e. The third kappa shape index (κ3) is 3.21. The van der Waals surface area contributed by atoms with E-state index in [0.29, 0.717) is 0 Å². The molecule has 0 aliphatic heterocycles. The summed E-state index contributed by atoms with van der Waals surface area (Å²) in [6.07, 6.45) is 11.4. The Morgan fingerprint density at radius 1 is 1.35 bits per heavy atom. The second kappa shape index (κ2) is 7.19. The van der Waals surface area contributed by atoms with Crippen LogP contribution in [0.5, 0.6) is 0 Å². The highest BCUT2D eigenvalue weighted by Crippen LogP contribution is 2.39. The summed E-state index contributed by atoms with van der Waals surface area (Å²) in [6, 6.07) is 4.22. The maximum atomic E-state index is 6.22. The van der Waals surface area contributed by atoms with Crippen LogP contribution in [-0.4, -0.2) is 35.6 Å². The Morgan fingerprint density at radius 2 is 2.10 bits per heavy atom. The minimum atomic E-state index is 0.222. The van der Waals surface area contributed by atoms with Gasteiger partial charge < -0.3 is 5.73 Å². The van der Waals surface area contributed by atoms with Gasteiger partial charge in [0.15, 0.2) is 0 Å². The van der Waals surface area contributed by atoms with Gasteiger partial charge in [0, 0.05) is 31.0 Å². The van der Waals surface area contributed by atoms with Gasteiger partial charge in [-0.25, -0.2) is 0 Å². The zero-order chi connectivity index (χ0) is 14.4. The van der Waals surface area contributed by atoms with E-state index in [-0.39, 0.29) is 5.54 Å². The lowest BCUT2D eigenvalue weighted by atomic mass is 9.70. The van der Waals surface area contributed by atoms with E-state index in [9.17, 15) is 0 Å². The monoisotopic (exact) mass is 275 g/mol. The maximum Gasteiger partial charge on any atom is 0.0356 e. The Hall–Kier alpha value is -0.930. The van der Waals surface area contributed by atoms with Crippen LogP contribution < -0.4 is 5.73 Å². The summed E-state index contributed by atoms with van der Waals surface area (Å²) >= 11 is 0. The number of hydrogen-bond acceptors (Lipinski definition) is 3. The number of pyridine rings is 1. The molecule has 0 bridgehead atoms. The molecule has 1 aromatic heterocycles. The second-order valence-corrected chi connectivity index (χ2v) is 6.19. The number of rotatable bonds is 6. The van der Waals surface area contributed by atoms with E-state index in [2.05, 4.69) is 36.0 Å². The summed E-state index contributed by atoms with van der Waals surface area (Å²) in [6.45, 7) is 4.19. The normalized spacial score (nSPS) is 26.9. The van der Waals surface area contributed by atoms with Crippen LogP contribution in [0.4, 0.5) is 0 Å². The molecule has 2 rings (SSSR count). The van der Waals surface area contributed by atoms with Crippen molar-refractivity contribution in [1.82, 2.24) is 9.88 Å². The zero-order valence-corrected chi connectivity index (χ0v) is 13.0. The van der Waals surface area contributed by atoms with Gasteiger partial charge in [-0.15, -0.1) is 0 Å². The molecule has 20 heavy (non-hydrogen) atoms. The molecule has 1 heterocycles. The summed E-state index contributed by atoms with van der Waals surface area (Å²) in [5.41, 5.74) is 7.81. The number of likely N-dealkylation sites (N-methyl/N-ethyl adjacent to an activating group) is 1. The molecule has 0 saturated heterocycles. The van der Waals surface area contributed by atoms with E-state index >= 15 is 0 Å². The Balaban J connectivity index is 2.02. The van der Waals surface area contributed by atoms with Gasteiger partial charge in [-0.2, -0.15) is 0 Å². The van der Waals surface area contributed by atoms with Gasteiger partial charge >= 0.3 is 0 Å². The molecule has 0 amide bonds. The van der Waals surface area contributed by atoms with Crippen LogP contribution in [0.15, 0.2) is 24.5 Å². The smallest absolute Gasteiger partial charge is 0.0356 e. The Kier molecular flexibility index (Phi) is 5.55. The molecule has 3 heteroatoms. The van der Waals surface area contributed by atoms with E-state index in [0.717, 1.165) is 25.4 Å². The Labute approximate surface area is 123 Å². The minimum absolute atomic E-state index is 0.222. The van der Waals surface area contributed by atoms with Crippen molar-refractivity contribution in [1.29, 1.82) is 0 Å². The lowest BCUT2D eigenvalue weighted by molar-refractivity contribution is 0.0242. The molecule has 1 fully saturated rings. The van der Waals surface area contributed by atoms with Crippen molar-refractivity contribution in [2.45, 2.75) is 51.0 Å². The highest BCUT2D eigenvalue weighted by atomic mass is 15.2. The van der Waals surface area contributed by atoms with Crippen molar-refractivity contribution in [3.63, 3.8) is 0 Å². The molecule has 2 N–H and O–H groups in total. The summed E-state index contributed by atoms with van der Waals surface area (Å²) < 4.78 is 0. The van der Waals surface area contributed by atoms with E-state index < -0.39 is 0 Å². The number of aromatic nitrogens is 1. The molecule has 0 spiro atoms.